The molecule has 16 heavy (non-hydrogen) atoms. The largest absolute Gasteiger partial charge is 0.383 e. The fourth-order valence-corrected chi connectivity index (χ4v) is 1.56. The van der Waals surface area contributed by atoms with Crippen molar-refractivity contribution in [3.63, 3.8) is 0 Å². The van der Waals surface area contributed by atoms with Crippen LogP contribution < -0.4 is 5.73 Å². The van der Waals surface area contributed by atoms with Gasteiger partial charge in [0.1, 0.15) is 5.82 Å². The quantitative estimate of drug-likeness (QED) is 0.830. The van der Waals surface area contributed by atoms with Crippen LogP contribution in [0.5, 0.6) is 0 Å². The van der Waals surface area contributed by atoms with Crippen molar-refractivity contribution in [2.24, 2.45) is 0 Å². The molecule has 0 aliphatic heterocycles. The van der Waals surface area contributed by atoms with Crippen LogP contribution in [0, 0.1) is 6.92 Å². The Balaban J connectivity index is 2.55. The van der Waals surface area contributed by atoms with E-state index in [0.717, 1.165) is 23.2 Å². The SMILES string of the molecule is CCc1nc(-c2ccncc2)nc(N)c1C. The second kappa shape index (κ2) is 4.26. The molecule has 2 heterocycles. The van der Waals surface area contributed by atoms with Gasteiger partial charge in [0.25, 0.3) is 0 Å². The number of nitrogens with zero attached hydrogens (tertiary/aromatic N) is 3. The van der Waals surface area contributed by atoms with Crippen LogP contribution in [0.2, 0.25) is 0 Å². The van der Waals surface area contributed by atoms with E-state index >= 15 is 0 Å². The Bertz CT molecular complexity index is 494. The van der Waals surface area contributed by atoms with Crippen molar-refractivity contribution < 1.29 is 0 Å². The van der Waals surface area contributed by atoms with E-state index in [1.807, 2.05) is 19.1 Å². The van der Waals surface area contributed by atoms with Crippen LogP contribution in [0.3, 0.4) is 0 Å². The Morgan fingerprint density at radius 3 is 2.50 bits per heavy atom. The van der Waals surface area contributed by atoms with Gasteiger partial charge >= 0.3 is 0 Å². The molecule has 0 bridgehead atoms. The molecule has 0 amide bonds. The van der Waals surface area contributed by atoms with Crippen LogP contribution in [0.4, 0.5) is 5.82 Å². The maximum atomic E-state index is 5.87. The molecule has 0 spiro atoms. The average molecular weight is 214 g/mol. The molecule has 0 unspecified atom stereocenters. The Morgan fingerprint density at radius 2 is 1.88 bits per heavy atom. The molecule has 0 saturated heterocycles. The van der Waals surface area contributed by atoms with E-state index in [1.165, 1.54) is 0 Å². The third-order valence-electron chi connectivity index (χ3n) is 2.56. The van der Waals surface area contributed by atoms with Crippen LogP contribution in [0.15, 0.2) is 24.5 Å². The Kier molecular flexibility index (Phi) is 2.81. The number of pyridine rings is 1. The summed E-state index contributed by atoms with van der Waals surface area (Å²) in [5.41, 5.74) is 8.78. The number of aromatic nitrogens is 3. The number of hydrogen-bond acceptors (Lipinski definition) is 4. The average Bonchev–Trinajstić information content (AvgIpc) is 2.33. The Labute approximate surface area is 94.6 Å². The zero-order valence-electron chi connectivity index (χ0n) is 9.44. The second-order valence-electron chi connectivity index (χ2n) is 3.59. The zero-order chi connectivity index (χ0) is 11.5. The van der Waals surface area contributed by atoms with Crippen molar-refractivity contribution in [1.82, 2.24) is 15.0 Å². The minimum Gasteiger partial charge on any atom is -0.383 e. The van der Waals surface area contributed by atoms with Gasteiger partial charge in [-0.25, -0.2) is 9.97 Å². The topological polar surface area (TPSA) is 64.7 Å². The number of nitrogens with two attached hydrogens (primary N) is 1. The van der Waals surface area contributed by atoms with E-state index in [1.54, 1.807) is 12.4 Å². The number of rotatable bonds is 2. The molecule has 2 aromatic rings. The fraction of sp³-hybridized carbons (Fsp3) is 0.250. The predicted octanol–water partition coefficient (Wildman–Crippen LogP) is 1.99. The molecule has 0 atom stereocenters. The lowest BCUT2D eigenvalue weighted by atomic mass is 10.1. The van der Waals surface area contributed by atoms with Gasteiger partial charge in [-0.1, -0.05) is 6.92 Å². The highest BCUT2D eigenvalue weighted by atomic mass is 15.0. The van der Waals surface area contributed by atoms with Gasteiger partial charge in [-0.3, -0.25) is 4.98 Å². The van der Waals surface area contributed by atoms with Gasteiger partial charge in [-0.05, 0) is 25.5 Å². The van der Waals surface area contributed by atoms with E-state index in [4.69, 9.17) is 5.73 Å². The summed E-state index contributed by atoms with van der Waals surface area (Å²) in [4.78, 5) is 12.8. The summed E-state index contributed by atoms with van der Waals surface area (Å²) in [6, 6.07) is 3.76. The molecule has 4 nitrogen and oxygen atoms in total. The predicted molar refractivity (Wildman–Crippen MR) is 63.8 cm³/mol. The molecule has 4 heteroatoms. The molecule has 0 fully saturated rings. The van der Waals surface area contributed by atoms with Crippen molar-refractivity contribution in [2.45, 2.75) is 20.3 Å². The standard InChI is InChI=1S/C12H14N4/c1-3-10-8(2)11(13)16-12(15-10)9-4-6-14-7-5-9/h4-7H,3H2,1-2H3,(H2,13,15,16). The highest BCUT2D eigenvalue weighted by Crippen LogP contribution is 2.19. The molecule has 0 aliphatic rings. The summed E-state index contributed by atoms with van der Waals surface area (Å²) in [6.45, 7) is 4.01. The third kappa shape index (κ3) is 1.86. The normalized spacial score (nSPS) is 10.4. The third-order valence-corrected chi connectivity index (χ3v) is 2.56. The van der Waals surface area contributed by atoms with Gasteiger partial charge in [-0.15, -0.1) is 0 Å². The first-order valence-electron chi connectivity index (χ1n) is 5.25. The summed E-state index contributed by atoms with van der Waals surface area (Å²) >= 11 is 0. The van der Waals surface area contributed by atoms with Crippen LogP contribution in [0.1, 0.15) is 18.2 Å². The van der Waals surface area contributed by atoms with Crippen molar-refractivity contribution in [1.29, 1.82) is 0 Å². The summed E-state index contributed by atoms with van der Waals surface area (Å²) in [7, 11) is 0. The maximum Gasteiger partial charge on any atom is 0.161 e. The van der Waals surface area contributed by atoms with Crippen LogP contribution in [-0.2, 0) is 6.42 Å². The van der Waals surface area contributed by atoms with E-state index in [2.05, 4.69) is 21.9 Å². The van der Waals surface area contributed by atoms with Gasteiger partial charge in [0.05, 0.1) is 0 Å². The Hall–Kier alpha value is -1.97. The van der Waals surface area contributed by atoms with Crippen LogP contribution in [0.25, 0.3) is 11.4 Å². The van der Waals surface area contributed by atoms with Crippen molar-refractivity contribution in [3.8, 4) is 11.4 Å². The summed E-state index contributed by atoms with van der Waals surface area (Å²) in [5.74, 6) is 1.22. The van der Waals surface area contributed by atoms with Gasteiger partial charge in [-0.2, -0.15) is 0 Å². The minimum atomic E-state index is 0.554. The van der Waals surface area contributed by atoms with E-state index in [9.17, 15) is 0 Å². The van der Waals surface area contributed by atoms with Gasteiger partial charge in [0.2, 0.25) is 0 Å². The summed E-state index contributed by atoms with van der Waals surface area (Å²) in [5, 5.41) is 0. The fourth-order valence-electron chi connectivity index (χ4n) is 1.56. The number of anilines is 1. The smallest absolute Gasteiger partial charge is 0.161 e. The minimum absolute atomic E-state index is 0.554. The maximum absolute atomic E-state index is 5.87. The lowest BCUT2D eigenvalue weighted by molar-refractivity contribution is 0.981. The van der Waals surface area contributed by atoms with E-state index in [0.29, 0.717) is 11.6 Å². The molecule has 0 radical (unpaired) electrons. The molecule has 2 aromatic heterocycles. The zero-order valence-corrected chi connectivity index (χ0v) is 9.44. The molecule has 0 aliphatic carbocycles. The molecular weight excluding hydrogens is 200 g/mol. The first-order valence-corrected chi connectivity index (χ1v) is 5.25. The molecule has 2 rings (SSSR count). The number of hydrogen-bond donors (Lipinski definition) is 1. The lowest BCUT2D eigenvalue weighted by Gasteiger charge is -2.08. The van der Waals surface area contributed by atoms with Crippen LogP contribution >= 0.6 is 0 Å². The second-order valence-corrected chi connectivity index (χ2v) is 3.59. The van der Waals surface area contributed by atoms with Crippen molar-refractivity contribution in [3.05, 3.63) is 35.8 Å². The van der Waals surface area contributed by atoms with Gasteiger partial charge < -0.3 is 5.73 Å². The summed E-state index contributed by atoms with van der Waals surface area (Å²) < 4.78 is 0. The molecule has 82 valence electrons. The van der Waals surface area contributed by atoms with Gasteiger partial charge in [0, 0.05) is 29.2 Å². The molecule has 0 saturated carbocycles. The van der Waals surface area contributed by atoms with E-state index in [-0.39, 0.29) is 0 Å². The Morgan fingerprint density at radius 1 is 1.19 bits per heavy atom. The van der Waals surface area contributed by atoms with Crippen molar-refractivity contribution in [2.75, 3.05) is 5.73 Å². The van der Waals surface area contributed by atoms with E-state index < -0.39 is 0 Å². The first-order chi connectivity index (χ1) is 7.72. The molecule has 0 aromatic carbocycles. The lowest BCUT2D eigenvalue weighted by Crippen LogP contribution is -2.04. The summed E-state index contributed by atoms with van der Waals surface area (Å²) in [6.07, 6.45) is 4.30. The van der Waals surface area contributed by atoms with Crippen molar-refractivity contribution >= 4 is 5.82 Å². The highest BCUT2D eigenvalue weighted by Gasteiger charge is 2.08. The monoisotopic (exact) mass is 214 g/mol. The van der Waals surface area contributed by atoms with Gasteiger partial charge in [0.15, 0.2) is 5.82 Å². The number of aryl methyl sites for hydroxylation is 1. The first kappa shape index (κ1) is 10.5. The molecule has 2 N–H and O–H groups in total. The number of nitrogen functional groups attached to an aromatic ring is 1. The highest BCUT2D eigenvalue weighted by molar-refractivity contribution is 5.57. The van der Waals surface area contributed by atoms with Crippen LogP contribution in [-0.4, -0.2) is 15.0 Å². The molecular formula is C12H14N4.